The Bertz CT molecular complexity index is 1530. The lowest BCUT2D eigenvalue weighted by atomic mass is 9.95. The Labute approximate surface area is 263 Å². The molecule has 5 rings (SSSR count). The first kappa shape index (κ1) is 32.2. The van der Waals surface area contributed by atoms with Gasteiger partial charge in [0.25, 0.3) is 11.5 Å². The number of ether oxygens (including phenoxy) is 1. The van der Waals surface area contributed by atoms with E-state index in [9.17, 15) is 19.3 Å². The second-order valence-electron chi connectivity index (χ2n) is 12.2. The van der Waals surface area contributed by atoms with Crippen LogP contribution in [-0.4, -0.2) is 70.5 Å². The van der Waals surface area contributed by atoms with Crippen molar-refractivity contribution in [1.82, 2.24) is 10.3 Å². The van der Waals surface area contributed by atoms with Gasteiger partial charge in [0.15, 0.2) is 0 Å². The first-order chi connectivity index (χ1) is 21.1. The number of aromatic nitrogens is 1. The van der Waals surface area contributed by atoms with Crippen molar-refractivity contribution in [2.45, 2.75) is 59.7 Å². The molecule has 0 saturated carbocycles. The maximum Gasteiger partial charge on any atom is 0.253 e. The van der Waals surface area contributed by atoms with Gasteiger partial charge in [0.05, 0.1) is 13.2 Å². The van der Waals surface area contributed by atoms with Crippen molar-refractivity contribution >= 4 is 22.8 Å². The number of morpholine rings is 1. The van der Waals surface area contributed by atoms with E-state index in [4.69, 9.17) is 4.74 Å². The molecule has 1 aromatic heterocycles. The van der Waals surface area contributed by atoms with Gasteiger partial charge in [0.1, 0.15) is 19.6 Å². The highest BCUT2D eigenvalue weighted by molar-refractivity contribution is 8.12. The molecule has 1 amide bonds. The van der Waals surface area contributed by atoms with E-state index in [1.807, 2.05) is 57.2 Å². The summed E-state index contributed by atoms with van der Waals surface area (Å²) in [5.41, 5.74) is 7.30. The first-order valence-electron chi connectivity index (χ1n) is 15.6. The summed E-state index contributed by atoms with van der Waals surface area (Å²) in [6, 6.07) is 14.4. The quantitative estimate of drug-likeness (QED) is 0.215. The van der Waals surface area contributed by atoms with Crippen LogP contribution in [0.5, 0.6) is 0 Å². The number of aryl methyl sites for hydroxylation is 2. The summed E-state index contributed by atoms with van der Waals surface area (Å²) in [6.45, 7) is 11.1. The predicted octanol–water partition coefficient (Wildman–Crippen LogP) is 5.47. The number of amides is 1. The van der Waals surface area contributed by atoms with Crippen LogP contribution in [0, 0.1) is 26.0 Å². The smallest absolute Gasteiger partial charge is 0.253 e. The monoisotopic (exact) mass is 621 g/mol. The van der Waals surface area contributed by atoms with Crippen LogP contribution < -0.4 is 15.8 Å². The summed E-state index contributed by atoms with van der Waals surface area (Å²) in [5.74, 6) is 1.36. The first-order valence-corrected chi connectivity index (χ1v) is 17.1. The number of pyridine rings is 1. The Morgan fingerprint density at radius 3 is 2.41 bits per heavy atom. The summed E-state index contributed by atoms with van der Waals surface area (Å²) in [5, 5.41) is 16.1. The maximum absolute atomic E-state index is 13.8. The molecule has 3 N–H and O–H groups in total. The van der Waals surface area contributed by atoms with Crippen molar-refractivity contribution in [2.24, 2.45) is 0 Å². The fourth-order valence-corrected chi connectivity index (χ4v) is 7.75. The highest BCUT2D eigenvalue weighted by Gasteiger charge is 2.27. The molecule has 1 radical (unpaired) electrons. The molecule has 2 aliphatic heterocycles. The van der Waals surface area contributed by atoms with Gasteiger partial charge in [-0.05, 0) is 81.0 Å². The largest absolute Gasteiger partial charge is 0.632 e. The van der Waals surface area contributed by atoms with Gasteiger partial charge in [-0.25, -0.2) is 0 Å². The molecule has 0 spiro atoms. The van der Waals surface area contributed by atoms with Crippen LogP contribution in [0.4, 0.5) is 5.69 Å². The molecule has 0 atom stereocenters. The van der Waals surface area contributed by atoms with Crippen molar-refractivity contribution in [1.29, 1.82) is 0 Å². The Balaban J connectivity index is 1.47. The van der Waals surface area contributed by atoms with Crippen molar-refractivity contribution in [3.05, 3.63) is 91.5 Å². The number of carbonyl (C=O) groups excluding carboxylic acids is 1. The Morgan fingerprint density at radius 2 is 1.77 bits per heavy atom. The van der Waals surface area contributed by atoms with Gasteiger partial charge in [0.2, 0.25) is 0 Å². The van der Waals surface area contributed by atoms with Crippen LogP contribution in [0.3, 0.4) is 0 Å². The number of anilines is 1. The summed E-state index contributed by atoms with van der Waals surface area (Å²) in [7, 11) is 0. The van der Waals surface area contributed by atoms with Crippen molar-refractivity contribution in [3.63, 3.8) is 0 Å². The molecule has 2 fully saturated rings. The molecule has 2 aliphatic rings. The Kier molecular flexibility index (Phi) is 10.2. The van der Waals surface area contributed by atoms with Crippen molar-refractivity contribution in [2.75, 3.05) is 49.3 Å². The van der Waals surface area contributed by atoms with E-state index < -0.39 is 11.2 Å². The number of carbonyl (C=O) groups is 1. The Morgan fingerprint density at radius 1 is 1.09 bits per heavy atom. The van der Waals surface area contributed by atoms with Crippen LogP contribution >= 0.6 is 11.2 Å². The predicted molar refractivity (Wildman–Crippen MR) is 178 cm³/mol. The number of nitrogens with one attached hydrogen (secondary N) is 2. The third-order valence-corrected chi connectivity index (χ3v) is 10.5. The van der Waals surface area contributed by atoms with Gasteiger partial charge < -0.3 is 34.3 Å². The lowest BCUT2D eigenvalue weighted by Gasteiger charge is -2.45. The second kappa shape index (κ2) is 13.9. The topological polar surface area (TPSA) is 118 Å². The summed E-state index contributed by atoms with van der Waals surface area (Å²) in [6.07, 6.45) is 1.81. The minimum absolute atomic E-state index is 0.132. The van der Waals surface area contributed by atoms with Crippen LogP contribution in [-0.2, 0) is 17.8 Å². The molecule has 2 aromatic carbocycles. The molecule has 3 aromatic rings. The van der Waals surface area contributed by atoms with Gasteiger partial charge >= 0.3 is 0 Å². The number of rotatable bonds is 9. The number of hydroxylamine groups is 3. The molecule has 3 heterocycles. The molecule has 0 aliphatic carbocycles. The van der Waals surface area contributed by atoms with E-state index in [2.05, 4.69) is 28.2 Å². The highest BCUT2D eigenvalue weighted by atomic mass is 32.2. The molecule has 10 heteroatoms. The lowest BCUT2D eigenvalue weighted by Crippen LogP contribution is -2.49. The zero-order valence-corrected chi connectivity index (χ0v) is 27.1. The standard InChI is InChI=1S/C34H45N4O5S/c1-5-37(29-10-16-44(42)17-11-29)32-20-28(27-8-6-26(7-9-27)22-38(41)12-14-43-15-13-38)19-30(25(32)4)33(39)35-21-31-23(2)18-24(3)36-34(31)40/h6-9,18-20,29,42H,5,10-17,21-22H2,1-4H3,(H,35,39)(H,36,40). The summed E-state index contributed by atoms with van der Waals surface area (Å²) < 4.78 is 15.3. The van der Waals surface area contributed by atoms with Crippen molar-refractivity contribution < 1.29 is 18.7 Å². The van der Waals surface area contributed by atoms with Crippen LogP contribution in [0.2, 0.25) is 0 Å². The molecular weight excluding hydrogens is 576 g/mol. The van der Waals surface area contributed by atoms with E-state index in [1.54, 1.807) is 0 Å². The second-order valence-corrected chi connectivity index (χ2v) is 13.9. The zero-order chi connectivity index (χ0) is 31.4. The van der Waals surface area contributed by atoms with E-state index >= 15 is 0 Å². The summed E-state index contributed by atoms with van der Waals surface area (Å²) >= 11 is -0.521. The molecule has 0 bridgehead atoms. The average molecular weight is 622 g/mol. The molecular formula is C34H45N4O5S. The van der Waals surface area contributed by atoms with E-state index in [0.717, 1.165) is 70.1 Å². The fraction of sp³-hybridized carbons (Fsp3) is 0.471. The van der Waals surface area contributed by atoms with Gasteiger partial charge in [-0.15, -0.1) is 0 Å². The highest BCUT2D eigenvalue weighted by Crippen LogP contribution is 2.37. The third kappa shape index (κ3) is 7.38. The molecule has 9 nitrogen and oxygen atoms in total. The minimum Gasteiger partial charge on any atom is -0.632 e. The molecule has 237 valence electrons. The zero-order valence-electron chi connectivity index (χ0n) is 26.3. The number of hydrogen-bond acceptors (Lipinski definition) is 6. The normalized spacial score (nSPS) is 17.4. The molecule has 44 heavy (non-hydrogen) atoms. The van der Waals surface area contributed by atoms with E-state index in [0.29, 0.717) is 44.0 Å². The van der Waals surface area contributed by atoms with Gasteiger partial charge in [-0.1, -0.05) is 35.4 Å². The number of H-pyrrole nitrogens is 1. The maximum atomic E-state index is 13.8. The third-order valence-electron chi connectivity index (χ3n) is 9.05. The van der Waals surface area contributed by atoms with Gasteiger partial charge in [-0.3, -0.25) is 9.59 Å². The number of quaternary nitrogens is 1. The minimum atomic E-state index is -0.521. The summed E-state index contributed by atoms with van der Waals surface area (Å²) in [4.78, 5) is 31.6. The number of hydrogen-bond donors (Lipinski definition) is 3. The van der Waals surface area contributed by atoms with Crippen LogP contribution in [0.15, 0.2) is 47.3 Å². The van der Waals surface area contributed by atoms with Gasteiger partial charge in [0, 0.05) is 58.7 Å². The molecule has 0 unspecified atom stereocenters. The Hall–Kier alpha value is -3.15. The SMILES string of the molecule is CCN(c1cc(-c2ccc(C[N+]3([O-])CCOCC3)cc2)cc(C(=O)NCc2c(C)cc(C)[nH]c2=O)c1C)C1CC[S](O)CC1. The van der Waals surface area contributed by atoms with E-state index in [-0.39, 0.29) is 28.7 Å². The van der Waals surface area contributed by atoms with Crippen molar-refractivity contribution in [3.8, 4) is 11.1 Å². The number of nitrogens with zero attached hydrogens (tertiary/aromatic N) is 2. The molecule has 2 saturated heterocycles. The van der Waals surface area contributed by atoms with Gasteiger partial charge in [-0.2, -0.15) is 0 Å². The average Bonchev–Trinajstić information content (AvgIpc) is 2.99. The van der Waals surface area contributed by atoms with Crippen LogP contribution in [0.1, 0.15) is 58.1 Å². The van der Waals surface area contributed by atoms with Crippen LogP contribution in [0.25, 0.3) is 11.1 Å². The fourth-order valence-electron chi connectivity index (χ4n) is 6.46. The lowest BCUT2D eigenvalue weighted by molar-refractivity contribution is -0.901. The number of aromatic amines is 1. The number of benzene rings is 2. The van der Waals surface area contributed by atoms with E-state index in [1.165, 1.54) is 0 Å².